The fraction of sp³-hybridized carbons (Fsp3) is 0.261. The van der Waals surface area contributed by atoms with Crippen LogP contribution in [-0.2, 0) is 32.1 Å². The molecule has 2 atom stereocenters. The molecule has 0 spiro atoms. The molecule has 0 aromatic heterocycles. The molecule has 5 N–H and O–H groups in total. The Balaban J connectivity index is 1.84. The lowest BCUT2D eigenvalue weighted by molar-refractivity contribution is -0.138. The van der Waals surface area contributed by atoms with Gasteiger partial charge in [-0.25, -0.2) is 15.2 Å². The molecule has 1 unspecified atom stereocenters. The first-order valence-electron chi connectivity index (χ1n) is 10.3. The number of aliphatic carboxylic acids is 1. The van der Waals surface area contributed by atoms with Crippen molar-refractivity contribution in [2.45, 2.75) is 25.2 Å². The summed E-state index contributed by atoms with van der Waals surface area (Å²) in [6.07, 6.45) is -0.241. The van der Waals surface area contributed by atoms with Crippen LogP contribution >= 0.6 is 0 Å². The normalized spacial score (nSPS) is 15.6. The second-order valence-corrected chi connectivity index (χ2v) is 7.45. The molecule has 0 radical (unpaired) electrons. The molecular formula is C23H25N3O8. The van der Waals surface area contributed by atoms with Crippen LogP contribution in [0.3, 0.4) is 0 Å². The SMILES string of the molecule is COC1=CC(CN(C(=O)OCc2ccccc2)C(=O)c2cc(C[C@H](N)C(=O)O)ccc2O)ON1. The summed E-state index contributed by atoms with van der Waals surface area (Å²) >= 11 is 0. The Morgan fingerprint density at radius 1 is 1.18 bits per heavy atom. The van der Waals surface area contributed by atoms with Crippen molar-refractivity contribution in [3.8, 4) is 5.75 Å². The van der Waals surface area contributed by atoms with Crippen LogP contribution < -0.4 is 11.2 Å². The number of aromatic hydroxyl groups is 1. The lowest BCUT2D eigenvalue weighted by atomic mass is 10.0. The third-order valence-corrected chi connectivity index (χ3v) is 4.97. The molecule has 2 aromatic rings. The van der Waals surface area contributed by atoms with Crippen molar-refractivity contribution in [2.75, 3.05) is 13.7 Å². The van der Waals surface area contributed by atoms with Crippen LogP contribution in [0.2, 0.25) is 0 Å². The van der Waals surface area contributed by atoms with E-state index in [0.717, 1.165) is 10.5 Å². The van der Waals surface area contributed by atoms with Crippen LogP contribution in [0.15, 0.2) is 60.5 Å². The van der Waals surface area contributed by atoms with Crippen molar-refractivity contribution < 1.29 is 38.9 Å². The maximum absolute atomic E-state index is 13.3. The predicted octanol–water partition coefficient (Wildman–Crippen LogP) is 1.52. The molecular weight excluding hydrogens is 446 g/mol. The van der Waals surface area contributed by atoms with Crippen LogP contribution in [0, 0.1) is 0 Å². The molecule has 0 bridgehead atoms. The highest BCUT2D eigenvalue weighted by Gasteiger charge is 2.31. The van der Waals surface area contributed by atoms with Gasteiger partial charge in [0.2, 0.25) is 5.88 Å². The molecule has 11 nitrogen and oxygen atoms in total. The van der Waals surface area contributed by atoms with Crippen molar-refractivity contribution in [2.24, 2.45) is 5.73 Å². The number of hydrogen-bond donors (Lipinski definition) is 4. The number of carboxylic acid groups (broad SMARTS) is 1. The first-order chi connectivity index (χ1) is 16.3. The summed E-state index contributed by atoms with van der Waals surface area (Å²) < 4.78 is 10.4. The summed E-state index contributed by atoms with van der Waals surface area (Å²) in [5, 5.41) is 19.4. The molecule has 34 heavy (non-hydrogen) atoms. The van der Waals surface area contributed by atoms with E-state index in [1.165, 1.54) is 31.4 Å². The van der Waals surface area contributed by atoms with Crippen molar-refractivity contribution in [1.29, 1.82) is 0 Å². The molecule has 180 valence electrons. The van der Waals surface area contributed by atoms with Gasteiger partial charge in [-0.15, -0.1) is 0 Å². The van der Waals surface area contributed by atoms with Gasteiger partial charge in [0.25, 0.3) is 5.91 Å². The Labute approximate surface area is 195 Å². The minimum absolute atomic E-state index is 0.0775. The minimum atomic E-state index is -1.21. The van der Waals surface area contributed by atoms with Gasteiger partial charge in [0, 0.05) is 6.08 Å². The van der Waals surface area contributed by atoms with E-state index < -0.39 is 35.9 Å². The van der Waals surface area contributed by atoms with Crippen molar-refractivity contribution in [3.05, 3.63) is 77.2 Å². The number of nitrogens with zero attached hydrogens (tertiary/aromatic N) is 1. The Kier molecular flexibility index (Phi) is 8.06. The number of nitrogens with one attached hydrogen (secondary N) is 1. The van der Waals surface area contributed by atoms with Gasteiger partial charge in [0.15, 0.2) is 0 Å². The lowest BCUT2D eigenvalue weighted by Gasteiger charge is -2.23. The maximum Gasteiger partial charge on any atom is 0.417 e. The van der Waals surface area contributed by atoms with Crippen LogP contribution in [0.25, 0.3) is 0 Å². The van der Waals surface area contributed by atoms with Crippen LogP contribution in [0.5, 0.6) is 5.75 Å². The number of hydroxylamine groups is 1. The molecule has 2 aromatic carbocycles. The molecule has 2 amide bonds. The average Bonchev–Trinajstić information content (AvgIpc) is 3.30. The molecule has 0 fully saturated rings. The molecule has 1 aliphatic rings. The zero-order valence-electron chi connectivity index (χ0n) is 18.3. The van der Waals surface area contributed by atoms with E-state index >= 15 is 0 Å². The summed E-state index contributed by atoms with van der Waals surface area (Å²) in [6.45, 7) is -0.323. The van der Waals surface area contributed by atoms with E-state index in [0.29, 0.717) is 11.4 Å². The van der Waals surface area contributed by atoms with Gasteiger partial charge in [-0.3, -0.25) is 14.4 Å². The summed E-state index contributed by atoms with van der Waals surface area (Å²) in [7, 11) is 1.42. The average molecular weight is 471 g/mol. The second kappa shape index (κ2) is 11.2. The van der Waals surface area contributed by atoms with Crippen molar-refractivity contribution in [1.82, 2.24) is 10.4 Å². The highest BCUT2D eigenvalue weighted by molar-refractivity contribution is 6.04. The van der Waals surface area contributed by atoms with Crippen molar-refractivity contribution >= 4 is 18.0 Å². The Hall–Kier alpha value is -4.09. The number of phenolic OH excluding ortho intramolecular Hbond substituents is 1. The van der Waals surface area contributed by atoms with E-state index in [1.807, 2.05) is 6.07 Å². The molecule has 0 saturated heterocycles. The Bertz CT molecular complexity index is 1070. The summed E-state index contributed by atoms with van der Waals surface area (Å²) in [6, 6.07) is 11.7. The number of phenols is 1. The molecule has 1 heterocycles. The van der Waals surface area contributed by atoms with Crippen LogP contribution in [0.4, 0.5) is 4.79 Å². The highest BCUT2D eigenvalue weighted by atomic mass is 16.7. The summed E-state index contributed by atoms with van der Waals surface area (Å²) in [5.41, 5.74) is 9.00. The quantitative estimate of drug-likeness (QED) is 0.422. The van der Waals surface area contributed by atoms with E-state index in [9.17, 15) is 19.5 Å². The van der Waals surface area contributed by atoms with Gasteiger partial charge in [-0.2, -0.15) is 0 Å². The van der Waals surface area contributed by atoms with E-state index in [1.54, 1.807) is 24.3 Å². The van der Waals surface area contributed by atoms with Crippen LogP contribution in [-0.4, -0.2) is 58.9 Å². The van der Waals surface area contributed by atoms with Gasteiger partial charge in [0.05, 0.1) is 19.2 Å². The van der Waals surface area contributed by atoms with E-state index in [4.69, 9.17) is 25.2 Å². The first-order valence-corrected chi connectivity index (χ1v) is 10.3. The third kappa shape index (κ3) is 6.24. The Morgan fingerprint density at radius 3 is 2.56 bits per heavy atom. The Morgan fingerprint density at radius 2 is 1.91 bits per heavy atom. The monoisotopic (exact) mass is 471 g/mol. The minimum Gasteiger partial charge on any atom is -0.507 e. The number of carboxylic acids is 1. The first kappa shape index (κ1) is 24.6. The number of amides is 2. The van der Waals surface area contributed by atoms with Crippen molar-refractivity contribution in [3.63, 3.8) is 0 Å². The topological polar surface area (TPSA) is 161 Å². The number of carbonyl (C=O) groups is 3. The highest BCUT2D eigenvalue weighted by Crippen LogP contribution is 2.23. The number of benzene rings is 2. The van der Waals surface area contributed by atoms with Crippen LogP contribution in [0.1, 0.15) is 21.5 Å². The zero-order valence-corrected chi connectivity index (χ0v) is 18.3. The number of methoxy groups -OCH3 is 1. The smallest absolute Gasteiger partial charge is 0.417 e. The van der Waals surface area contributed by atoms with Gasteiger partial charge in [-0.05, 0) is 29.7 Å². The largest absolute Gasteiger partial charge is 0.507 e. The molecule has 0 saturated carbocycles. The fourth-order valence-corrected chi connectivity index (χ4v) is 3.16. The predicted molar refractivity (Wildman–Crippen MR) is 118 cm³/mol. The number of rotatable bonds is 9. The number of carbonyl (C=O) groups excluding carboxylic acids is 2. The fourth-order valence-electron chi connectivity index (χ4n) is 3.16. The van der Waals surface area contributed by atoms with Gasteiger partial charge in [-0.1, -0.05) is 36.4 Å². The number of hydrogen-bond acceptors (Lipinski definition) is 9. The zero-order chi connectivity index (χ0) is 24.7. The summed E-state index contributed by atoms with van der Waals surface area (Å²) in [5.74, 6) is -2.15. The van der Waals surface area contributed by atoms with Gasteiger partial charge in [0.1, 0.15) is 24.5 Å². The molecule has 11 heteroatoms. The lowest BCUT2D eigenvalue weighted by Crippen LogP contribution is -2.42. The second-order valence-electron chi connectivity index (χ2n) is 7.45. The maximum atomic E-state index is 13.3. The van der Waals surface area contributed by atoms with E-state index in [-0.39, 0.29) is 25.1 Å². The standard InChI is InChI=1S/C23H25N3O8/c1-32-20-11-16(34-25-20)12-26(23(31)33-13-14-5-3-2-4-6-14)21(28)17-9-15(7-8-19(17)27)10-18(24)22(29)30/h2-9,11,16,18,25,27H,10,12-13,24H2,1H3,(H,29,30)/t16?,18-/m0/s1. The van der Waals surface area contributed by atoms with Gasteiger partial charge < -0.3 is 25.4 Å². The molecule has 0 aliphatic carbocycles. The van der Waals surface area contributed by atoms with E-state index in [2.05, 4.69) is 5.48 Å². The molecule has 1 aliphatic heterocycles. The number of nitrogens with two attached hydrogens (primary N) is 1. The summed E-state index contributed by atoms with van der Waals surface area (Å²) in [4.78, 5) is 43.4. The third-order valence-electron chi connectivity index (χ3n) is 4.97. The van der Waals surface area contributed by atoms with Gasteiger partial charge >= 0.3 is 12.1 Å². The molecule has 3 rings (SSSR count). The number of imide groups is 1. The number of ether oxygens (including phenoxy) is 2.